The Hall–Kier alpha value is -0.590. The fraction of sp³-hybridized carbons (Fsp3) is 0.900. The second-order valence-corrected chi connectivity index (χ2v) is 4.21. The van der Waals surface area contributed by atoms with Crippen molar-refractivity contribution in [3.63, 3.8) is 0 Å². The summed E-state index contributed by atoms with van der Waals surface area (Å²) in [6.45, 7) is 1.15. The summed E-state index contributed by atoms with van der Waals surface area (Å²) in [7, 11) is 0. The van der Waals surface area contributed by atoms with Crippen LogP contribution in [0, 0.1) is 22.7 Å². The minimum absolute atomic E-state index is 0.362. The van der Waals surface area contributed by atoms with Gasteiger partial charge < -0.3 is 9.84 Å². The van der Waals surface area contributed by atoms with Crippen molar-refractivity contribution in [1.82, 2.24) is 0 Å². The Bertz CT molecular complexity index is 224. The Morgan fingerprint density at radius 1 is 1.54 bits per heavy atom. The minimum Gasteiger partial charge on any atom is -0.391 e. The van der Waals surface area contributed by atoms with Gasteiger partial charge in [-0.2, -0.15) is 5.26 Å². The zero-order valence-electron chi connectivity index (χ0n) is 7.70. The molecule has 0 aromatic carbocycles. The monoisotopic (exact) mass is 181 g/mol. The summed E-state index contributed by atoms with van der Waals surface area (Å²) >= 11 is 0. The van der Waals surface area contributed by atoms with Crippen LogP contribution < -0.4 is 0 Å². The zero-order valence-corrected chi connectivity index (χ0v) is 7.70. The number of rotatable bonds is 2. The van der Waals surface area contributed by atoms with Gasteiger partial charge in [-0.05, 0) is 31.6 Å². The van der Waals surface area contributed by atoms with Gasteiger partial charge in [0.15, 0.2) is 0 Å². The lowest BCUT2D eigenvalue weighted by atomic mass is 9.77. The van der Waals surface area contributed by atoms with Gasteiger partial charge in [-0.1, -0.05) is 0 Å². The van der Waals surface area contributed by atoms with Crippen molar-refractivity contribution >= 4 is 0 Å². The molecule has 0 spiro atoms. The molecule has 2 rings (SSSR count). The van der Waals surface area contributed by atoms with Crippen LogP contribution in [0.5, 0.6) is 0 Å². The summed E-state index contributed by atoms with van der Waals surface area (Å²) in [4.78, 5) is 0. The van der Waals surface area contributed by atoms with E-state index in [0.717, 1.165) is 32.3 Å². The third-order valence-corrected chi connectivity index (χ3v) is 3.13. The van der Waals surface area contributed by atoms with Crippen molar-refractivity contribution < 1.29 is 9.84 Å². The van der Waals surface area contributed by atoms with Crippen LogP contribution in [-0.4, -0.2) is 24.4 Å². The van der Waals surface area contributed by atoms with E-state index < -0.39 is 11.5 Å². The SMILES string of the molecule is N#CC1(C(O)C2CC2)CCCOC1. The summed E-state index contributed by atoms with van der Waals surface area (Å²) in [5.41, 5.74) is -0.598. The van der Waals surface area contributed by atoms with Crippen LogP contribution in [0.3, 0.4) is 0 Å². The van der Waals surface area contributed by atoms with Crippen molar-refractivity contribution in [3.8, 4) is 6.07 Å². The average molecular weight is 181 g/mol. The first-order chi connectivity index (χ1) is 6.28. The minimum atomic E-state index is -0.598. The van der Waals surface area contributed by atoms with Gasteiger partial charge in [0.1, 0.15) is 5.41 Å². The second-order valence-electron chi connectivity index (χ2n) is 4.21. The van der Waals surface area contributed by atoms with Crippen LogP contribution in [0.4, 0.5) is 0 Å². The number of nitrogens with zero attached hydrogens (tertiary/aromatic N) is 1. The van der Waals surface area contributed by atoms with Crippen molar-refractivity contribution in [3.05, 3.63) is 0 Å². The van der Waals surface area contributed by atoms with Gasteiger partial charge in [-0.15, -0.1) is 0 Å². The Morgan fingerprint density at radius 3 is 2.77 bits per heavy atom. The number of hydrogen-bond donors (Lipinski definition) is 1. The van der Waals surface area contributed by atoms with Crippen molar-refractivity contribution in [2.45, 2.75) is 31.8 Å². The molecule has 1 heterocycles. The van der Waals surface area contributed by atoms with Gasteiger partial charge >= 0.3 is 0 Å². The lowest BCUT2D eigenvalue weighted by Crippen LogP contribution is -2.42. The van der Waals surface area contributed by atoms with Gasteiger partial charge in [0.2, 0.25) is 0 Å². The van der Waals surface area contributed by atoms with Crippen molar-refractivity contribution in [2.24, 2.45) is 11.3 Å². The molecule has 2 atom stereocenters. The molecule has 1 N–H and O–H groups in total. The highest BCUT2D eigenvalue weighted by Gasteiger charge is 2.47. The van der Waals surface area contributed by atoms with Gasteiger partial charge in [0.25, 0.3) is 0 Å². The molecule has 2 fully saturated rings. The first-order valence-electron chi connectivity index (χ1n) is 4.95. The van der Waals surface area contributed by atoms with E-state index in [0.29, 0.717) is 12.5 Å². The highest BCUT2D eigenvalue weighted by molar-refractivity contribution is 5.08. The van der Waals surface area contributed by atoms with E-state index in [9.17, 15) is 5.11 Å². The van der Waals surface area contributed by atoms with Crippen LogP contribution in [0.25, 0.3) is 0 Å². The summed E-state index contributed by atoms with van der Waals surface area (Å²) in [6, 6.07) is 2.26. The summed E-state index contributed by atoms with van der Waals surface area (Å²) in [6.07, 6.45) is 3.38. The second kappa shape index (κ2) is 3.28. The van der Waals surface area contributed by atoms with E-state index in [1.807, 2.05) is 0 Å². The van der Waals surface area contributed by atoms with E-state index in [2.05, 4.69) is 6.07 Å². The van der Waals surface area contributed by atoms with Gasteiger partial charge in [0.05, 0.1) is 18.8 Å². The predicted octanol–water partition coefficient (Wildman–Crippen LogP) is 1.08. The molecule has 2 unspecified atom stereocenters. The molecule has 0 amide bonds. The number of ether oxygens (including phenoxy) is 1. The predicted molar refractivity (Wildman–Crippen MR) is 46.8 cm³/mol. The first kappa shape index (κ1) is 8.98. The van der Waals surface area contributed by atoms with Crippen LogP contribution in [0.2, 0.25) is 0 Å². The van der Waals surface area contributed by atoms with Gasteiger partial charge in [-0.25, -0.2) is 0 Å². The lowest BCUT2D eigenvalue weighted by Gasteiger charge is -2.34. The largest absolute Gasteiger partial charge is 0.391 e. The fourth-order valence-electron chi connectivity index (χ4n) is 2.07. The maximum Gasteiger partial charge on any atom is 0.107 e. The summed E-state index contributed by atoms with van der Waals surface area (Å²) < 4.78 is 5.29. The molecule has 2 aliphatic rings. The lowest BCUT2D eigenvalue weighted by molar-refractivity contribution is -0.0571. The fourth-order valence-corrected chi connectivity index (χ4v) is 2.07. The third kappa shape index (κ3) is 1.56. The third-order valence-electron chi connectivity index (χ3n) is 3.13. The quantitative estimate of drug-likeness (QED) is 0.693. The van der Waals surface area contributed by atoms with Crippen molar-refractivity contribution in [2.75, 3.05) is 13.2 Å². The Morgan fingerprint density at radius 2 is 2.31 bits per heavy atom. The van der Waals surface area contributed by atoms with Crippen LogP contribution in [0.1, 0.15) is 25.7 Å². The summed E-state index contributed by atoms with van der Waals surface area (Å²) in [5.74, 6) is 0.362. The maximum atomic E-state index is 9.96. The molecule has 3 heteroatoms. The Labute approximate surface area is 78.3 Å². The van der Waals surface area contributed by atoms with E-state index in [1.165, 1.54) is 0 Å². The van der Waals surface area contributed by atoms with E-state index >= 15 is 0 Å². The zero-order chi connectivity index (χ0) is 9.31. The molecule has 72 valence electrons. The molecule has 13 heavy (non-hydrogen) atoms. The molecule has 1 saturated heterocycles. The van der Waals surface area contributed by atoms with E-state index in [-0.39, 0.29) is 0 Å². The van der Waals surface area contributed by atoms with Gasteiger partial charge in [0, 0.05) is 6.61 Å². The molecule has 1 aliphatic carbocycles. The molecule has 1 saturated carbocycles. The van der Waals surface area contributed by atoms with Gasteiger partial charge in [-0.3, -0.25) is 0 Å². The smallest absolute Gasteiger partial charge is 0.107 e. The Balaban J connectivity index is 2.08. The molecule has 0 bridgehead atoms. The molecular weight excluding hydrogens is 166 g/mol. The molecule has 0 aromatic rings. The maximum absolute atomic E-state index is 9.96. The summed E-state index contributed by atoms with van der Waals surface area (Å²) in [5, 5.41) is 19.1. The number of aliphatic hydroxyl groups is 1. The standard InChI is InChI=1S/C10H15NO2/c11-6-10(4-1-5-13-7-10)9(12)8-2-3-8/h8-9,12H,1-5,7H2. The van der Waals surface area contributed by atoms with Crippen LogP contribution in [-0.2, 0) is 4.74 Å². The molecule has 1 aliphatic heterocycles. The van der Waals surface area contributed by atoms with Crippen molar-refractivity contribution in [1.29, 1.82) is 5.26 Å². The highest BCUT2D eigenvalue weighted by atomic mass is 16.5. The van der Waals surface area contributed by atoms with E-state index in [4.69, 9.17) is 10.00 Å². The normalized spacial score (nSPS) is 36.6. The first-order valence-corrected chi connectivity index (χ1v) is 4.95. The molecular formula is C10H15NO2. The molecule has 0 radical (unpaired) electrons. The Kier molecular flexibility index (Phi) is 2.27. The number of aliphatic hydroxyl groups excluding tert-OH is 1. The van der Waals surface area contributed by atoms with Crippen LogP contribution in [0.15, 0.2) is 0 Å². The van der Waals surface area contributed by atoms with E-state index in [1.54, 1.807) is 0 Å². The average Bonchev–Trinajstić information content (AvgIpc) is 3.01. The molecule has 0 aromatic heterocycles. The van der Waals surface area contributed by atoms with Crippen LogP contribution >= 0.6 is 0 Å². The number of nitriles is 1. The molecule has 3 nitrogen and oxygen atoms in total. The highest BCUT2D eigenvalue weighted by Crippen LogP contribution is 2.44. The topological polar surface area (TPSA) is 53.2 Å². The number of hydrogen-bond acceptors (Lipinski definition) is 3.